The van der Waals surface area contributed by atoms with Crippen molar-refractivity contribution in [3.63, 3.8) is 0 Å². The van der Waals surface area contributed by atoms with Gasteiger partial charge in [0.1, 0.15) is 12.1 Å². The molecule has 1 nitrogen and oxygen atoms in total. The molecule has 1 aromatic carbocycles. The van der Waals surface area contributed by atoms with Gasteiger partial charge >= 0.3 is 0 Å². The molecule has 1 saturated carbocycles. The van der Waals surface area contributed by atoms with E-state index < -0.39 is 5.82 Å². The summed E-state index contributed by atoms with van der Waals surface area (Å²) < 4.78 is 12.9. The maximum absolute atomic E-state index is 12.9. The molecular formula is C12H12ClFO. The summed E-state index contributed by atoms with van der Waals surface area (Å²) in [7, 11) is 0. The van der Waals surface area contributed by atoms with Gasteiger partial charge in [0.25, 0.3) is 0 Å². The fourth-order valence-electron chi connectivity index (χ4n) is 2.02. The van der Waals surface area contributed by atoms with Crippen LogP contribution in [0.5, 0.6) is 0 Å². The van der Waals surface area contributed by atoms with Crippen LogP contribution in [-0.2, 0) is 11.2 Å². The van der Waals surface area contributed by atoms with Crippen molar-refractivity contribution in [3.05, 3.63) is 34.6 Å². The van der Waals surface area contributed by atoms with E-state index in [0.717, 1.165) is 31.1 Å². The van der Waals surface area contributed by atoms with Crippen molar-refractivity contribution in [1.29, 1.82) is 0 Å². The van der Waals surface area contributed by atoms with Crippen molar-refractivity contribution in [2.24, 2.45) is 5.41 Å². The number of carbonyl (C=O) groups is 1. The van der Waals surface area contributed by atoms with E-state index in [1.54, 1.807) is 12.1 Å². The topological polar surface area (TPSA) is 17.1 Å². The van der Waals surface area contributed by atoms with Gasteiger partial charge in [-0.15, -0.1) is 0 Å². The predicted octanol–water partition coefficient (Wildman–Crippen LogP) is 3.39. The molecule has 1 aliphatic rings. The van der Waals surface area contributed by atoms with Crippen molar-refractivity contribution in [2.45, 2.75) is 25.7 Å². The van der Waals surface area contributed by atoms with E-state index >= 15 is 0 Å². The summed E-state index contributed by atoms with van der Waals surface area (Å²) in [6, 6.07) is 4.67. The quantitative estimate of drug-likeness (QED) is 0.722. The number of aldehydes is 1. The first kappa shape index (κ1) is 10.6. The Balaban J connectivity index is 2.17. The summed E-state index contributed by atoms with van der Waals surface area (Å²) >= 11 is 5.68. The molecule has 0 bridgehead atoms. The van der Waals surface area contributed by atoms with Gasteiger partial charge in [0.15, 0.2) is 0 Å². The van der Waals surface area contributed by atoms with E-state index in [-0.39, 0.29) is 10.4 Å². The van der Waals surface area contributed by atoms with Gasteiger partial charge in [0, 0.05) is 5.41 Å². The summed E-state index contributed by atoms with van der Waals surface area (Å²) in [5, 5.41) is 0.132. The van der Waals surface area contributed by atoms with Crippen LogP contribution < -0.4 is 0 Å². The van der Waals surface area contributed by atoms with Crippen molar-refractivity contribution < 1.29 is 9.18 Å². The van der Waals surface area contributed by atoms with Gasteiger partial charge in [-0.2, -0.15) is 0 Å². The molecule has 80 valence electrons. The zero-order valence-electron chi connectivity index (χ0n) is 8.30. The van der Waals surface area contributed by atoms with Gasteiger partial charge in [0.2, 0.25) is 0 Å². The number of halogens is 2. The molecule has 1 aromatic rings. The van der Waals surface area contributed by atoms with Gasteiger partial charge in [-0.05, 0) is 37.0 Å². The van der Waals surface area contributed by atoms with Crippen LogP contribution >= 0.6 is 11.6 Å². The first-order chi connectivity index (χ1) is 7.15. The van der Waals surface area contributed by atoms with Gasteiger partial charge in [-0.3, -0.25) is 0 Å². The molecule has 0 saturated heterocycles. The van der Waals surface area contributed by atoms with E-state index in [1.165, 1.54) is 6.07 Å². The molecule has 0 heterocycles. The van der Waals surface area contributed by atoms with E-state index in [2.05, 4.69) is 0 Å². The first-order valence-corrected chi connectivity index (χ1v) is 5.43. The molecule has 0 radical (unpaired) electrons. The molecule has 0 amide bonds. The number of carbonyl (C=O) groups excluding carboxylic acids is 1. The summed E-state index contributed by atoms with van der Waals surface area (Å²) in [6.45, 7) is 0. The Morgan fingerprint density at radius 3 is 2.67 bits per heavy atom. The van der Waals surface area contributed by atoms with Crippen LogP contribution in [0.3, 0.4) is 0 Å². The average Bonchev–Trinajstić information content (AvgIpc) is 2.17. The second-order valence-corrected chi connectivity index (χ2v) is 4.67. The molecule has 0 aromatic heterocycles. The van der Waals surface area contributed by atoms with E-state index in [4.69, 9.17) is 11.6 Å². The van der Waals surface area contributed by atoms with Crippen LogP contribution in [0.1, 0.15) is 24.8 Å². The second kappa shape index (κ2) is 3.93. The lowest BCUT2D eigenvalue weighted by Gasteiger charge is -2.36. The fraction of sp³-hybridized carbons (Fsp3) is 0.417. The van der Waals surface area contributed by atoms with E-state index in [0.29, 0.717) is 6.42 Å². The highest BCUT2D eigenvalue weighted by atomic mass is 35.5. The Morgan fingerprint density at radius 2 is 2.20 bits per heavy atom. The highest BCUT2D eigenvalue weighted by Crippen LogP contribution is 2.42. The maximum Gasteiger partial charge on any atom is 0.141 e. The van der Waals surface area contributed by atoms with Gasteiger partial charge in [0.05, 0.1) is 5.02 Å². The second-order valence-electron chi connectivity index (χ2n) is 4.26. The first-order valence-electron chi connectivity index (χ1n) is 5.05. The molecule has 3 heteroatoms. The minimum Gasteiger partial charge on any atom is -0.303 e. The standard InChI is InChI=1S/C12H12ClFO/c13-10-6-9(2-3-11(10)14)7-12(8-15)4-1-5-12/h2-3,6,8H,1,4-5,7H2. The van der Waals surface area contributed by atoms with Crippen LogP contribution in [-0.4, -0.2) is 6.29 Å². The van der Waals surface area contributed by atoms with Crippen molar-refractivity contribution in [1.82, 2.24) is 0 Å². The highest BCUT2D eigenvalue weighted by Gasteiger charge is 2.36. The molecular weight excluding hydrogens is 215 g/mol. The van der Waals surface area contributed by atoms with Crippen LogP contribution in [0.25, 0.3) is 0 Å². The van der Waals surface area contributed by atoms with Crippen molar-refractivity contribution >= 4 is 17.9 Å². The minimum atomic E-state index is -0.408. The number of benzene rings is 1. The number of hydrogen-bond donors (Lipinski definition) is 0. The zero-order valence-corrected chi connectivity index (χ0v) is 9.06. The van der Waals surface area contributed by atoms with Gasteiger partial charge in [-0.1, -0.05) is 24.1 Å². The normalized spacial score (nSPS) is 18.3. The Kier molecular flexibility index (Phi) is 2.79. The van der Waals surface area contributed by atoms with E-state index in [1.807, 2.05) is 0 Å². The summed E-state index contributed by atoms with van der Waals surface area (Å²) in [5.41, 5.74) is 0.731. The zero-order chi connectivity index (χ0) is 10.9. The predicted molar refractivity (Wildman–Crippen MR) is 57.5 cm³/mol. The smallest absolute Gasteiger partial charge is 0.141 e. The van der Waals surface area contributed by atoms with Crippen LogP contribution in [0.4, 0.5) is 4.39 Å². The lowest BCUT2D eigenvalue weighted by molar-refractivity contribution is -0.120. The van der Waals surface area contributed by atoms with Gasteiger partial charge in [-0.25, -0.2) is 4.39 Å². The molecule has 2 rings (SSSR count). The summed E-state index contributed by atoms with van der Waals surface area (Å²) in [5.74, 6) is -0.408. The third kappa shape index (κ3) is 2.05. The molecule has 0 N–H and O–H groups in total. The number of hydrogen-bond acceptors (Lipinski definition) is 1. The molecule has 0 atom stereocenters. The molecule has 1 fully saturated rings. The van der Waals surface area contributed by atoms with Crippen LogP contribution in [0, 0.1) is 11.2 Å². The highest BCUT2D eigenvalue weighted by molar-refractivity contribution is 6.30. The van der Waals surface area contributed by atoms with E-state index in [9.17, 15) is 9.18 Å². The lowest BCUT2D eigenvalue weighted by atomic mass is 9.66. The number of rotatable bonds is 3. The molecule has 1 aliphatic carbocycles. The summed E-state index contributed by atoms with van der Waals surface area (Å²) in [4.78, 5) is 11.0. The third-order valence-corrected chi connectivity index (χ3v) is 3.43. The van der Waals surface area contributed by atoms with Crippen molar-refractivity contribution in [3.8, 4) is 0 Å². The Labute approximate surface area is 93.2 Å². The average molecular weight is 227 g/mol. The SMILES string of the molecule is O=CC1(Cc2ccc(F)c(Cl)c2)CCC1. The molecule has 15 heavy (non-hydrogen) atoms. The maximum atomic E-state index is 12.9. The van der Waals surface area contributed by atoms with Crippen LogP contribution in [0.2, 0.25) is 5.02 Å². The molecule has 0 aliphatic heterocycles. The minimum absolute atomic E-state index is 0.132. The van der Waals surface area contributed by atoms with Crippen molar-refractivity contribution in [2.75, 3.05) is 0 Å². The summed E-state index contributed by atoms with van der Waals surface area (Å²) in [6.07, 6.45) is 4.69. The molecule has 0 spiro atoms. The Morgan fingerprint density at radius 1 is 1.47 bits per heavy atom. The van der Waals surface area contributed by atoms with Gasteiger partial charge < -0.3 is 4.79 Å². The van der Waals surface area contributed by atoms with Crippen LogP contribution in [0.15, 0.2) is 18.2 Å². The third-order valence-electron chi connectivity index (χ3n) is 3.14. The lowest BCUT2D eigenvalue weighted by Crippen LogP contribution is -2.33. The Hall–Kier alpha value is -0.890. The fourth-order valence-corrected chi connectivity index (χ4v) is 2.23. The largest absolute Gasteiger partial charge is 0.303 e. The Bertz CT molecular complexity index is 385. The monoisotopic (exact) mass is 226 g/mol. The molecule has 0 unspecified atom stereocenters.